The third-order valence-corrected chi connectivity index (χ3v) is 2.73. The predicted molar refractivity (Wildman–Crippen MR) is 70.6 cm³/mol. The van der Waals surface area contributed by atoms with Crippen LogP contribution in [0.4, 0.5) is 8.78 Å². The Morgan fingerprint density at radius 3 is 1.63 bits per heavy atom. The van der Waals surface area contributed by atoms with Crippen molar-refractivity contribution in [1.29, 1.82) is 0 Å². The lowest BCUT2D eigenvalue weighted by atomic mass is 9.97. The predicted octanol–water partition coefficient (Wildman–Crippen LogP) is 3.99. The van der Waals surface area contributed by atoms with Gasteiger partial charge in [0.2, 0.25) is 0 Å². The average Bonchev–Trinajstić information content (AvgIpc) is 2.43. The van der Waals surface area contributed by atoms with Gasteiger partial charge in [-0.1, -0.05) is 30.3 Å². The van der Waals surface area contributed by atoms with E-state index in [2.05, 4.69) is 0 Å². The fraction of sp³-hybridized carbons (Fsp3) is 0.0625. The minimum Gasteiger partial charge on any atom is -0.303 e. The molecule has 2 rings (SSSR count). The molecule has 0 aromatic heterocycles. The zero-order chi connectivity index (χ0) is 13.7. The fourth-order valence-electron chi connectivity index (χ4n) is 1.83. The summed E-state index contributed by atoms with van der Waals surface area (Å²) in [5.74, 6) is -0.643. The van der Waals surface area contributed by atoms with Crippen molar-refractivity contribution in [2.45, 2.75) is 6.42 Å². The second-order valence-electron chi connectivity index (χ2n) is 4.03. The highest BCUT2D eigenvalue weighted by Crippen LogP contribution is 2.24. The number of carbonyl (C=O) groups is 1. The van der Waals surface area contributed by atoms with Gasteiger partial charge in [0, 0.05) is 6.42 Å². The van der Waals surface area contributed by atoms with E-state index >= 15 is 0 Å². The molecule has 0 radical (unpaired) electrons. The van der Waals surface area contributed by atoms with Crippen LogP contribution in [0.5, 0.6) is 0 Å². The molecular weight excluding hydrogens is 246 g/mol. The lowest BCUT2D eigenvalue weighted by molar-refractivity contribution is -0.107. The Hall–Kier alpha value is -2.29. The first-order chi connectivity index (χ1) is 9.20. The monoisotopic (exact) mass is 258 g/mol. The Bertz CT molecular complexity index is 536. The van der Waals surface area contributed by atoms with Crippen LogP contribution in [0.2, 0.25) is 0 Å². The lowest BCUT2D eigenvalue weighted by Gasteiger charge is -2.08. The number of rotatable bonds is 4. The number of benzene rings is 2. The zero-order valence-electron chi connectivity index (χ0n) is 10.1. The van der Waals surface area contributed by atoms with E-state index in [9.17, 15) is 13.6 Å². The molecule has 0 atom stereocenters. The first kappa shape index (κ1) is 13.1. The summed E-state index contributed by atoms with van der Waals surface area (Å²) >= 11 is 0. The largest absolute Gasteiger partial charge is 0.303 e. The topological polar surface area (TPSA) is 17.1 Å². The molecule has 0 N–H and O–H groups in total. The van der Waals surface area contributed by atoms with Crippen LogP contribution in [0.15, 0.2) is 54.6 Å². The second kappa shape index (κ2) is 6.05. The minimum absolute atomic E-state index is 0.254. The van der Waals surface area contributed by atoms with Crippen molar-refractivity contribution in [1.82, 2.24) is 0 Å². The van der Waals surface area contributed by atoms with Crippen LogP contribution in [-0.2, 0) is 4.79 Å². The van der Waals surface area contributed by atoms with Crippen LogP contribution in [0.25, 0.3) is 5.57 Å². The molecule has 2 aromatic rings. The van der Waals surface area contributed by atoms with Gasteiger partial charge in [0.25, 0.3) is 0 Å². The quantitative estimate of drug-likeness (QED) is 0.758. The summed E-state index contributed by atoms with van der Waals surface area (Å²) in [7, 11) is 0. The molecule has 2 aromatic carbocycles. The fourth-order valence-corrected chi connectivity index (χ4v) is 1.83. The zero-order valence-corrected chi connectivity index (χ0v) is 10.1. The third kappa shape index (κ3) is 3.35. The SMILES string of the molecule is O=CCC=C(c1ccc(F)cc1)c1ccc(F)cc1. The van der Waals surface area contributed by atoms with Crippen LogP contribution in [0.3, 0.4) is 0 Å². The van der Waals surface area contributed by atoms with Gasteiger partial charge in [-0.05, 0) is 41.0 Å². The molecule has 0 aliphatic rings. The number of carbonyl (C=O) groups excluding carboxylic acids is 1. The normalized spacial score (nSPS) is 10.0. The summed E-state index contributed by atoms with van der Waals surface area (Å²) in [4.78, 5) is 10.5. The molecule has 0 bridgehead atoms. The molecule has 0 aliphatic carbocycles. The summed E-state index contributed by atoms with van der Waals surface area (Å²) < 4.78 is 25.9. The van der Waals surface area contributed by atoms with E-state index in [4.69, 9.17) is 0 Å². The van der Waals surface area contributed by atoms with Crippen molar-refractivity contribution in [3.63, 3.8) is 0 Å². The molecule has 96 valence electrons. The summed E-state index contributed by atoms with van der Waals surface area (Å²) in [5, 5.41) is 0. The first-order valence-electron chi connectivity index (χ1n) is 5.86. The van der Waals surface area contributed by atoms with Gasteiger partial charge < -0.3 is 4.79 Å². The van der Waals surface area contributed by atoms with Gasteiger partial charge >= 0.3 is 0 Å². The summed E-state index contributed by atoms with van der Waals surface area (Å²) in [6.07, 6.45) is 2.78. The standard InChI is InChI=1S/C16H12F2O/c17-14-7-3-12(4-8-14)16(2-1-11-19)13-5-9-15(18)10-6-13/h2-11H,1H2. The van der Waals surface area contributed by atoms with Gasteiger partial charge in [-0.3, -0.25) is 0 Å². The van der Waals surface area contributed by atoms with E-state index in [0.717, 1.165) is 23.0 Å². The van der Waals surface area contributed by atoms with E-state index in [1.807, 2.05) is 0 Å². The molecule has 0 saturated carbocycles. The molecule has 19 heavy (non-hydrogen) atoms. The van der Waals surface area contributed by atoms with Crippen LogP contribution in [-0.4, -0.2) is 6.29 Å². The Balaban J connectivity index is 2.44. The summed E-state index contributed by atoms with van der Waals surface area (Å²) in [6, 6.07) is 12.0. The molecule has 0 fully saturated rings. The maximum Gasteiger partial charge on any atom is 0.123 e. The second-order valence-corrected chi connectivity index (χ2v) is 4.03. The Morgan fingerprint density at radius 1 is 0.842 bits per heavy atom. The molecule has 0 amide bonds. The van der Waals surface area contributed by atoms with E-state index in [0.29, 0.717) is 0 Å². The Labute approximate surface area is 110 Å². The highest BCUT2D eigenvalue weighted by Gasteiger charge is 2.05. The van der Waals surface area contributed by atoms with E-state index < -0.39 is 0 Å². The maximum absolute atomic E-state index is 12.9. The van der Waals surface area contributed by atoms with Crippen LogP contribution in [0, 0.1) is 11.6 Å². The van der Waals surface area contributed by atoms with Crippen molar-refractivity contribution >= 4 is 11.9 Å². The van der Waals surface area contributed by atoms with Gasteiger partial charge in [-0.25, -0.2) is 8.78 Å². The lowest BCUT2D eigenvalue weighted by Crippen LogP contribution is -1.90. The van der Waals surface area contributed by atoms with Crippen LogP contribution >= 0.6 is 0 Å². The Morgan fingerprint density at radius 2 is 1.26 bits per heavy atom. The number of aldehydes is 1. The molecular formula is C16H12F2O. The number of hydrogen-bond acceptors (Lipinski definition) is 1. The molecule has 0 spiro atoms. The summed E-state index contributed by atoms with van der Waals surface area (Å²) in [6.45, 7) is 0. The number of hydrogen-bond donors (Lipinski definition) is 0. The van der Waals surface area contributed by atoms with Gasteiger partial charge in [0.05, 0.1) is 0 Å². The average molecular weight is 258 g/mol. The van der Waals surface area contributed by atoms with Gasteiger partial charge in [0.1, 0.15) is 17.9 Å². The number of allylic oxidation sites excluding steroid dienone is 1. The van der Waals surface area contributed by atoms with Crippen molar-refractivity contribution < 1.29 is 13.6 Å². The van der Waals surface area contributed by atoms with E-state index in [-0.39, 0.29) is 18.1 Å². The van der Waals surface area contributed by atoms with Crippen LogP contribution < -0.4 is 0 Å². The maximum atomic E-state index is 12.9. The smallest absolute Gasteiger partial charge is 0.123 e. The summed E-state index contributed by atoms with van der Waals surface area (Å²) in [5.41, 5.74) is 2.36. The van der Waals surface area contributed by atoms with Gasteiger partial charge in [-0.2, -0.15) is 0 Å². The van der Waals surface area contributed by atoms with Crippen LogP contribution in [0.1, 0.15) is 17.5 Å². The molecule has 3 heteroatoms. The van der Waals surface area contributed by atoms with E-state index in [1.165, 1.54) is 24.3 Å². The van der Waals surface area contributed by atoms with Crippen molar-refractivity contribution in [2.75, 3.05) is 0 Å². The molecule has 0 aliphatic heterocycles. The Kier molecular flexibility index (Phi) is 4.18. The van der Waals surface area contributed by atoms with Gasteiger partial charge in [0.15, 0.2) is 0 Å². The molecule has 1 nitrogen and oxygen atoms in total. The number of halogens is 2. The van der Waals surface area contributed by atoms with Crippen molar-refractivity contribution in [3.8, 4) is 0 Å². The van der Waals surface area contributed by atoms with Crippen molar-refractivity contribution in [2.24, 2.45) is 0 Å². The van der Waals surface area contributed by atoms with Crippen molar-refractivity contribution in [3.05, 3.63) is 77.4 Å². The third-order valence-electron chi connectivity index (χ3n) is 2.73. The van der Waals surface area contributed by atoms with Gasteiger partial charge in [-0.15, -0.1) is 0 Å². The minimum atomic E-state index is -0.322. The highest BCUT2D eigenvalue weighted by molar-refractivity contribution is 5.81. The highest BCUT2D eigenvalue weighted by atomic mass is 19.1. The first-order valence-corrected chi connectivity index (χ1v) is 5.86. The molecule has 0 unspecified atom stereocenters. The van der Waals surface area contributed by atoms with E-state index in [1.54, 1.807) is 30.3 Å². The molecule has 0 heterocycles. The molecule has 0 saturated heterocycles.